The first-order chi connectivity index (χ1) is 5.42. The highest BCUT2D eigenvalue weighted by atomic mass is 19.4. The quantitative estimate of drug-likeness (QED) is 0.384. The molecule has 72 valence electrons. The second-order valence-corrected chi connectivity index (χ2v) is 2.25. The predicted octanol–water partition coefficient (Wildman–Crippen LogP) is 1.28. The first-order valence-corrected chi connectivity index (χ1v) is 3.39. The van der Waals surface area contributed by atoms with Gasteiger partial charge in [0, 0.05) is 6.42 Å². The lowest BCUT2D eigenvalue weighted by Gasteiger charge is -2.06. The average Bonchev–Trinajstić information content (AvgIpc) is 1.83. The third kappa shape index (κ3) is 9.22. The van der Waals surface area contributed by atoms with Crippen LogP contribution in [0.25, 0.3) is 0 Å². The predicted molar refractivity (Wildman–Crippen MR) is 38.0 cm³/mol. The van der Waals surface area contributed by atoms with Gasteiger partial charge < -0.3 is 10.5 Å². The standard InChI is InChI=1S/C6H11F3N2O/c7-6(8,9)2-4-12-3-1-5(10)11/h1-4H2,(H3,10,11). The van der Waals surface area contributed by atoms with Crippen LogP contribution in [0.5, 0.6) is 0 Å². The smallest absolute Gasteiger partial charge is 0.388 e. The Morgan fingerprint density at radius 3 is 2.33 bits per heavy atom. The maximum Gasteiger partial charge on any atom is 0.391 e. The van der Waals surface area contributed by atoms with E-state index in [9.17, 15) is 13.2 Å². The molecule has 0 saturated heterocycles. The number of alkyl halides is 3. The number of nitrogens with two attached hydrogens (primary N) is 1. The SMILES string of the molecule is N=C(N)CCOCCC(F)(F)F. The van der Waals surface area contributed by atoms with Crippen molar-refractivity contribution in [2.75, 3.05) is 13.2 Å². The Bertz CT molecular complexity index is 146. The summed E-state index contributed by atoms with van der Waals surface area (Å²) in [6, 6.07) is 0. The molecule has 0 radical (unpaired) electrons. The van der Waals surface area contributed by atoms with Crippen LogP contribution in [0.2, 0.25) is 0 Å². The molecule has 0 atom stereocenters. The zero-order valence-corrected chi connectivity index (χ0v) is 6.45. The normalized spacial score (nSPS) is 11.6. The van der Waals surface area contributed by atoms with Crippen LogP contribution >= 0.6 is 0 Å². The Kier molecular flexibility index (Phi) is 4.65. The third-order valence-corrected chi connectivity index (χ3v) is 1.05. The molecular formula is C6H11F3N2O. The first kappa shape index (κ1) is 11.2. The number of rotatable bonds is 5. The van der Waals surface area contributed by atoms with Crippen LogP contribution in [-0.2, 0) is 4.74 Å². The molecule has 6 heteroatoms. The van der Waals surface area contributed by atoms with Crippen LogP contribution in [0.4, 0.5) is 13.2 Å². The van der Waals surface area contributed by atoms with E-state index in [0.29, 0.717) is 0 Å². The van der Waals surface area contributed by atoms with Gasteiger partial charge >= 0.3 is 6.18 Å². The number of hydrogen-bond acceptors (Lipinski definition) is 2. The Hall–Kier alpha value is -0.780. The molecule has 0 spiro atoms. The molecule has 0 aliphatic rings. The maximum absolute atomic E-state index is 11.5. The van der Waals surface area contributed by atoms with Crippen LogP contribution in [-0.4, -0.2) is 25.2 Å². The molecule has 0 bridgehead atoms. The van der Waals surface area contributed by atoms with E-state index in [2.05, 4.69) is 4.74 Å². The maximum atomic E-state index is 11.5. The highest BCUT2D eigenvalue weighted by Crippen LogP contribution is 2.18. The van der Waals surface area contributed by atoms with Gasteiger partial charge in [-0.25, -0.2) is 0 Å². The van der Waals surface area contributed by atoms with Crippen LogP contribution in [0.1, 0.15) is 12.8 Å². The van der Waals surface area contributed by atoms with Crippen molar-refractivity contribution in [3.63, 3.8) is 0 Å². The molecular weight excluding hydrogens is 173 g/mol. The monoisotopic (exact) mass is 184 g/mol. The molecule has 3 nitrogen and oxygen atoms in total. The minimum Gasteiger partial charge on any atom is -0.388 e. The van der Waals surface area contributed by atoms with E-state index in [-0.39, 0.29) is 25.5 Å². The van der Waals surface area contributed by atoms with Crippen molar-refractivity contribution in [1.29, 1.82) is 5.41 Å². The van der Waals surface area contributed by atoms with Crippen molar-refractivity contribution in [1.82, 2.24) is 0 Å². The van der Waals surface area contributed by atoms with Gasteiger partial charge in [0.05, 0.1) is 25.5 Å². The molecule has 0 unspecified atom stereocenters. The fourth-order valence-corrected chi connectivity index (χ4v) is 0.472. The average molecular weight is 184 g/mol. The van der Waals surface area contributed by atoms with Gasteiger partial charge in [-0.3, -0.25) is 5.41 Å². The van der Waals surface area contributed by atoms with E-state index in [1.54, 1.807) is 0 Å². The largest absolute Gasteiger partial charge is 0.391 e. The molecule has 0 amide bonds. The number of halogens is 3. The third-order valence-electron chi connectivity index (χ3n) is 1.05. The lowest BCUT2D eigenvalue weighted by Crippen LogP contribution is -2.15. The molecule has 0 aliphatic carbocycles. The summed E-state index contributed by atoms with van der Waals surface area (Å²) in [4.78, 5) is 0. The highest BCUT2D eigenvalue weighted by molar-refractivity contribution is 5.76. The van der Waals surface area contributed by atoms with E-state index >= 15 is 0 Å². The zero-order valence-electron chi connectivity index (χ0n) is 6.45. The number of hydrogen-bond donors (Lipinski definition) is 2. The van der Waals surface area contributed by atoms with Gasteiger partial charge in [-0.15, -0.1) is 0 Å². The summed E-state index contributed by atoms with van der Waals surface area (Å²) in [5.41, 5.74) is 4.94. The molecule has 3 N–H and O–H groups in total. The van der Waals surface area contributed by atoms with E-state index in [1.165, 1.54) is 0 Å². The highest BCUT2D eigenvalue weighted by Gasteiger charge is 2.26. The summed E-state index contributed by atoms with van der Waals surface area (Å²) in [7, 11) is 0. The molecule has 0 fully saturated rings. The molecule has 0 aliphatic heterocycles. The molecule has 0 aromatic rings. The minimum absolute atomic E-state index is 0.0748. The second-order valence-electron chi connectivity index (χ2n) is 2.25. The van der Waals surface area contributed by atoms with E-state index in [4.69, 9.17) is 11.1 Å². The Morgan fingerprint density at radius 1 is 1.33 bits per heavy atom. The van der Waals surface area contributed by atoms with Crippen LogP contribution in [0, 0.1) is 5.41 Å². The van der Waals surface area contributed by atoms with E-state index < -0.39 is 12.6 Å². The fourth-order valence-electron chi connectivity index (χ4n) is 0.472. The molecule has 0 rings (SSSR count). The van der Waals surface area contributed by atoms with Gasteiger partial charge in [0.15, 0.2) is 0 Å². The molecule has 0 aromatic heterocycles. The van der Waals surface area contributed by atoms with E-state index in [1.807, 2.05) is 0 Å². The van der Waals surface area contributed by atoms with E-state index in [0.717, 1.165) is 0 Å². The molecule has 12 heavy (non-hydrogen) atoms. The van der Waals surface area contributed by atoms with Gasteiger partial charge in [-0.05, 0) is 0 Å². The lowest BCUT2D eigenvalue weighted by atomic mass is 10.4. The van der Waals surface area contributed by atoms with Crippen molar-refractivity contribution >= 4 is 5.84 Å². The molecule has 0 saturated carbocycles. The topological polar surface area (TPSA) is 59.1 Å². The van der Waals surface area contributed by atoms with Gasteiger partial charge in [0.25, 0.3) is 0 Å². The summed E-state index contributed by atoms with van der Waals surface area (Å²) in [5.74, 6) is -0.0815. The minimum atomic E-state index is -4.17. The zero-order chi connectivity index (χ0) is 9.61. The number of amidine groups is 1. The van der Waals surface area contributed by atoms with Gasteiger partial charge in [-0.1, -0.05) is 0 Å². The summed E-state index contributed by atoms with van der Waals surface area (Å²) in [5, 5.41) is 6.73. The summed E-state index contributed by atoms with van der Waals surface area (Å²) >= 11 is 0. The van der Waals surface area contributed by atoms with Gasteiger partial charge in [-0.2, -0.15) is 13.2 Å². The van der Waals surface area contributed by atoms with Gasteiger partial charge in [0.2, 0.25) is 0 Å². The summed E-state index contributed by atoms with van der Waals surface area (Å²) in [6.45, 7) is -0.289. The molecule has 0 heterocycles. The summed E-state index contributed by atoms with van der Waals surface area (Å²) < 4.78 is 39.1. The first-order valence-electron chi connectivity index (χ1n) is 3.39. The van der Waals surface area contributed by atoms with Crippen molar-refractivity contribution < 1.29 is 17.9 Å². The number of nitrogens with one attached hydrogen (secondary N) is 1. The lowest BCUT2D eigenvalue weighted by molar-refractivity contribution is -0.144. The molecule has 0 aromatic carbocycles. The second kappa shape index (κ2) is 4.97. The van der Waals surface area contributed by atoms with Crippen LogP contribution < -0.4 is 5.73 Å². The van der Waals surface area contributed by atoms with Gasteiger partial charge in [0.1, 0.15) is 0 Å². The Labute approximate surface area is 68.2 Å². The summed E-state index contributed by atoms with van der Waals surface area (Å²) in [6.07, 6.45) is -4.95. The fraction of sp³-hybridized carbons (Fsp3) is 0.833. The van der Waals surface area contributed by atoms with Crippen LogP contribution in [0.15, 0.2) is 0 Å². The number of ether oxygens (including phenoxy) is 1. The van der Waals surface area contributed by atoms with Crippen molar-refractivity contribution in [3.8, 4) is 0 Å². The Morgan fingerprint density at radius 2 is 1.92 bits per heavy atom. The van der Waals surface area contributed by atoms with Crippen molar-refractivity contribution in [3.05, 3.63) is 0 Å². The van der Waals surface area contributed by atoms with Crippen LogP contribution in [0.3, 0.4) is 0 Å². The Balaban J connectivity index is 3.17. The van der Waals surface area contributed by atoms with Crippen molar-refractivity contribution in [2.45, 2.75) is 19.0 Å². The van der Waals surface area contributed by atoms with Crippen molar-refractivity contribution in [2.24, 2.45) is 5.73 Å².